The molecule has 5 rings (SSSR count). The number of ether oxygens (including phenoxy) is 1. The monoisotopic (exact) mass is 433 g/mol. The van der Waals surface area contributed by atoms with E-state index in [0.717, 1.165) is 0 Å². The van der Waals surface area contributed by atoms with E-state index in [1.807, 2.05) is 6.92 Å². The van der Waals surface area contributed by atoms with Gasteiger partial charge in [0.2, 0.25) is 5.60 Å². The van der Waals surface area contributed by atoms with Crippen molar-refractivity contribution >= 4 is 29.1 Å². The van der Waals surface area contributed by atoms with E-state index in [9.17, 15) is 19.1 Å². The van der Waals surface area contributed by atoms with Gasteiger partial charge >= 0.3 is 5.97 Å². The van der Waals surface area contributed by atoms with E-state index in [1.165, 1.54) is 30.4 Å². The van der Waals surface area contributed by atoms with Gasteiger partial charge in [-0.1, -0.05) is 23.7 Å². The summed E-state index contributed by atoms with van der Waals surface area (Å²) in [6, 6.07) is 3.94. The van der Waals surface area contributed by atoms with Gasteiger partial charge in [0.1, 0.15) is 22.9 Å². The first-order chi connectivity index (χ1) is 14.1. The molecule has 2 aliphatic carbocycles. The van der Waals surface area contributed by atoms with Crippen LogP contribution in [0, 0.1) is 23.1 Å². The number of benzene rings is 1. The number of esters is 1. The summed E-state index contributed by atoms with van der Waals surface area (Å²) in [5, 5.41) is 15.7. The van der Waals surface area contributed by atoms with Crippen molar-refractivity contribution in [2.45, 2.75) is 50.4 Å². The molecule has 6 atom stereocenters. The Balaban J connectivity index is 1.54. The highest BCUT2D eigenvalue weighted by Gasteiger charge is 2.73. The van der Waals surface area contributed by atoms with E-state index in [1.54, 1.807) is 6.92 Å². The molecular formula is C22H21ClFNO5. The van der Waals surface area contributed by atoms with Gasteiger partial charge in [-0.25, -0.2) is 9.18 Å². The van der Waals surface area contributed by atoms with E-state index in [4.69, 9.17) is 21.2 Å². The number of ketones is 1. The Labute approximate surface area is 177 Å². The fraction of sp³-hybridized carbons (Fsp3) is 0.500. The van der Waals surface area contributed by atoms with Gasteiger partial charge in [0.05, 0.1) is 16.7 Å². The first-order valence-electron chi connectivity index (χ1n) is 10.0. The van der Waals surface area contributed by atoms with Crippen LogP contribution in [-0.4, -0.2) is 39.9 Å². The summed E-state index contributed by atoms with van der Waals surface area (Å²) in [7, 11) is 0. The summed E-state index contributed by atoms with van der Waals surface area (Å²) < 4.78 is 19.2. The van der Waals surface area contributed by atoms with Crippen molar-refractivity contribution in [3.63, 3.8) is 0 Å². The number of carbonyl (C=O) groups excluding carboxylic acids is 2. The molecule has 2 aliphatic heterocycles. The van der Waals surface area contributed by atoms with Crippen molar-refractivity contribution in [2.24, 2.45) is 22.4 Å². The summed E-state index contributed by atoms with van der Waals surface area (Å²) in [6.45, 7) is 3.56. The van der Waals surface area contributed by atoms with Gasteiger partial charge < -0.3 is 14.7 Å². The van der Waals surface area contributed by atoms with Crippen molar-refractivity contribution in [2.75, 3.05) is 0 Å². The zero-order valence-electron chi connectivity index (χ0n) is 16.5. The third kappa shape index (κ3) is 2.25. The van der Waals surface area contributed by atoms with Crippen LogP contribution < -0.4 is 0 Å². The predicted molar refractivity (Wildman–Crippen MR) is 105 cm³/mol. The number of hydrogen-bond donors (Lipinski definition) is 1. The van der Waals surface area contributed by atoms with Crippen molar-refractivity contribution in [1.29, 1.82) is 0 Å². The molecule has 0 amide bonds. The minimum absolute atomic E-state index is 0.100. The van der Waals surface area contributed by atoms with Crippen LogP contribution in [0.1, 0.15) is 38.7 Å². The first-order valence-corrected chi connectivity index (χ1v) is 10.4. The Kier molecular flexibility index (Phi) is 4.03. The molecule has 30 heavy (non-hydrogen) atoms. The highest BCUT2D eigenvalue weighted by Crippen LogP contribution is 2.59. The normalized spacial score (nSPS) is 41.9. The summed E-state index contributed by atoms with van der Waals surface area (Å²) in [6.07, 6.45) is 3.28. The average molecular weight is 434 g/mol. The third-order valence-electron chi connectivity index (χ3n) is 7.60. The van der Waals surface area contributed by atoms with E-state index >= 15 is 0 Å². The maximum Gasteiger partial charge on any atom is 0.354 e. The van der Waals surface area contributed by atoms with E-state index in [-0.39, 0.29) is 23.1 Å². The number of nitrogens with zero attached hydrogens (tertiary/aromatic N) is 1. The predicted octanol–water partition coefficient (Wildman–Crippen LogP) is 3.19. The number of hydrogen-bond acceptors (Lipinski definition) is 6. The Hall–Kier alpha value is -2.25. The molecule has 158 valence electrons. The zero-order valence-corrected chi connectivity index (χ0v) is 17.3. The Morgan fingerprint density at radius 3 is 2.80 bits per heavy atom. The standard InChI is InChI=1S/C22H21ClFNO5/c1-11-3-6-14-18(20(2)17(26)7-8-22(11,20)28)29-19(27)21(14)10-16(25-30-21)13-5-4-12(24)9-15(13)23/h4-5,7-9,11,14,18,28H,3,6,10H2,1-2H3/t11-,14?,18?,20-,21?,22+/m0/s1. The Morgan fingerprint density at radius 2 is 2.07 bits per heavy atom. The van der Waals surface area contributed by atoms with Crippen LogP contribution in [0.3, 0.4) is 0 Å². The number of carbonyl (C=O) groups is 2. The molecular weight excluding hydrogens is 413 g/mol. The molecule has 6 nitrogen and oxygen atoms in total. The maximum absolute atomic E-state index is 13.4. The van der Waals surface area contributed by atoms with Crippen LogP contribution in [0.25, 0.3) is 0 Å². The van der Waals surface area contributed by atoms with Crippen LogP contribution in [0.15, 0.2) is 35.5 Å². The first kappa shape index (κ1) is 19.7. The molecule has 0 radical (unpaired) electrons. The number of aliphatic hydroxyl groups is 1. The fourth-order valence-electron chi connectivity index (χ4n) is 5.66. The van der Waals surface area contributed by atoms with Gasteiger partial charge in [0.25, 0.3) is 0 Å². The van der Waals surface area contributed by atoms with Crippen molar-refractivity contribution in [3.8, 4) is 0 Å². The molecule has 8 heteroatoms. The summed E-state index contributed by atoms with van der Waals surface area (Å²) in [5.41, 5.74) is -3.19. The molecule has 3 unspecified atom stereocenters. The topological polar surface area (TPSA) is 85.2 Å². The molecule has 1 spiro atoms. The van der Waals surface area contributed by atoms with Crippen LogP contribution in [0.4, 0.5) is 4.39 Å². The molecule has 1 saturated carbocycles. The summed E-state index contributed by atoms with van der Waals surface area (Å²) in [5.74, 6) is -2.03. The van der Waals surface area contributed by atoms with Gasteiger partial charge in [-0.3, -0.25) is 4.79 Å². The molecule has 1 aromatic carbocycles. The van der Waals surface area contributed by atoms with Crippen molar-refractivity contribution in [3.05, 3.63) is 46.8 Å². The largest absolute Gasteiger partial charge is 0.458 e. The Morgan fingerprint density at radius 1 is 1.30 bits per heavy atom. The SMILES string of the molecule is C[C@H]1CCC2C(OC(=O)C23CC(c2ccc(F)cc2Cl)=NO3)[C@]2(C)C(=O)C=C[C@@]12O. The van der Waals surface area contributed by atoms with Crippen LogP contribution in [0.5, 0.6) is 0 Å². The lowest BCUT2D eigenvalue weighted by atomic mass is 9.63. The fourth-order valence-corrected chi connectivity index (χ4v) is 5.94. The van der Waals surface area contributed by atoms with Crippen molar-refractivity contribution < 1.29 is 28.7 Å². The molecule has 2 heterocycles. The molecule has 2 fully saturated rings. The molecule has 4 aliphatic rings. The second-order valence-corrected chi connectivity index (χ2v) is 9.36. The van der Waals surface area contributed by atoms with Crippen LogP contribution in [-0.2, 0) is 19.2 Å². The molecule has 1 aromatic rings. The molecule has 0 bridgehead atoms. The maximum atomic E-state index is 13.4. The van der Waals surface area contributed by atoms with Crippen molar-refractivity contribution in [1.82, 2.24) is 0 Å². The average Bonchev–Trinajstić information content (AvgIpc) is 3.31. The lowest BCUT2D eigenvalue weighted by Gasteiger charge is -2.43. The number of halogens is 2. The highest BCUT2D eigenvalue weighted by molar-refractivity contribution is 6.34. The smallest absolute Gasteiger partial charge is 0.354 e. The Bertz CT molecular complexity index is 1040. The quantitative estimate of drug-likeness (QED) is 0.687. The van der Waals surface area contributed by atoms with E-state index in [2.05, 4.69) is 5.16 Å². The van der Waals surface area contributed by atoms with Gasteiger partial charge in [-0.05, 0) is 56.0 Å². The second-order valence-electron chi connectivity index (χ2n) is 8.96. The lowest BCUT2D eigenvalue weighted by Crippen LogP contribution is -2.57. The molecule has 0 aromatic heterocycles. The van der Waals surface area contributed by atoms with Gasteiger partial charge in [-0.15, -0.1) is 0 Å². The lowest BCUT2D eigenvalue weighted by molar-refractivity contribution is -0.169. The molecule has 1 N–H and O–H groups in total. The summed E-state index contributed by atoms with van der Waals surface area (Å²) in [4.78, 5) is 31.7. The third-order valence-corrected chi connectivity index (χ3v) is 7.91. The van der Waals surface area contributed by atoms with E-state index < -0.39 is 40.4 Å². The van der Waals surface area contributed by atoms with Gasteiger partial charge in [-0.2, -0.15) is 0 Å². The number of oxime groups is 1. The second kappa shape index (κ2) is 6.14. The minimum Gasteiger partial charge on any atom is -0.458 e. The van der Waals surface area contributed by atoms with Crippen LogP contribution >= 0.6 is 11.6 Å². The number of rotatable bonds is 1. The zero-order chi connectivity index (χ0) is 21.5. The number of fused-ring (bicyclic) bond motifs is 4. The minimum atomic E-state index is -1.40. The highest BCUT2D eigenvalue weighted by atomic mass is 35.5. The van der Waals surface area contributed by atoms with Gasteiger partial charge in [0, 0.05) is 12.0 Å². The van der Waals surface area contributed by atoms with E-state index in [0.29, 0.717) is 24.1 Å². The summed E-state index contributed by atoms with van der Waals surface area (Å²) >= 11 is 6.18. The number of allylic oxidation sites excluding steroid dienone is 1. The molecule has 1 saturated heterocycles. The van der Waals surface area contributed by atoms with Crippen LogP contribution in [0.2, 0.25) is 5.02 Å². The van der Waals surface area contributed by atoms with Gasteiger partial charge in [0.15, 0.2) is 5.78 Å².